The zero-order valence-electron chi connectivity index (χ0n) is 10.6. The summed E-state index contributed by atoms with van der Waals surface area (Å²) < 4.78 is 26.3. The Kier molecular flexibility index (Phi) is 3.31. The molecule has 4 nitrogen and oxygen atoms in total. The topological polar surface area (TPSA) is 49.2 Å². The van der Waals surface area contributed by atoms with Crippen LogP contribution in [0.25, 0.3) is 11.3 Å². The van der Waals surface area contributed by atoms with E-state index in [2.05, 4.69) is 10.2 Å². The number of β-amino-alcohol motifs (C(OH)–C–C–N with tert-alkyl or cyclic N) is 1. The Balaban J connectivity index is 1.85. The zero-order chi connectivity index (χ0) is 14.1. The number of anilines is 1. The van der Waals surface area contributed by atoms with Crippen molar-refractivity contribution < 1.29 is 13.9 Å². The predicted molar refractivity (Wildman–Crippen MR) is 70.2 cm³/mol. The number of halogens is 2. The molecule has 6 heteroatoms. The van der Waals surface area contributed by atoms with E-state index in [1.807, 2.05) is 4.90 Å². The molecule has 0 radical (unpaired) electrons. The van der Waals surface area contributed by atoms with Crippen LogP contribution in [-0.2, 0) is 0 Å². The van der Waals surface area contributed by atoms with Crippen molar-refractivity contribution in [2.45, 2.75) is 12.5 Å². The second-order valence-electron chi connectivity index (χ2n) is 4.82. The van der Waals surface area contributed by atoms with E-state index in [1.54, 1.807) is 12.1 Å². The lowest BCUT2D eigenvalue weighted by molar-refractivity contribution is 0.198. The van der Waals surface area contributed by atoms with Crippen molar-refractivity contribution in [3.8, 4) is 11.3 Å². The number of hydrogen-bond acceptors (Lipinski definition) is 4. The zero-order valence-corrected chi connectivity index (χ0v) is 10.6. The first-order chi connectivity index (χ1) is 9.61. The van der Waals surface area contributed by atoms with Gasteiger partial charge in [-0.15, -0.1) is 10.2 Å². The van der Waals surface area contributed by atoms with Crippen LogP contribution < -0.4 is 4.90 Å². The lowest BCUT2D eigenvalue weighted by atomic mass is 10.1. The van der Waals surface area contributed by atoms with Gasteiger partial charge in [-0.1, -0.05) is 0 Å². The first-order valence-corrected chi connectivity index (χ1v) is 6.35. The predicted octanol–water partition coefficient (Wildman–Crippen LogP) is 1.99. The van der Waals surface area contributed by atoms with Gasteiger partial charge < -0.3 is 10.0 Å². The van der Waals surface area contributed by atoms with E-state index in [0.29, 0.717) is 30.0 Å². The lowest BCUT2D eigenvalue weighted by Crippen LogP contribution is -2.22. The van der Waals surface area contributed by atoms with Gasteiger partial charge in [0.05, 0.1) is 11.8 Å². The van der Waals surface area contributed by atoms with E-state index in [-0.39, 0.29) is 6.10 Å². The number of benzene rings is 1. The number of aliphatic hydroxyl groups excluding tert-OH is 1. The SMILES string of the molecule is OC1CCN(c2ccc(-c3cc(F)cc(F)c3)nn2)C1. The van der Waals surface area contributed by atoms with Crippen molar-refractivity contribution in [2.75, 3.05) is 18.0 Å². The summed E-state index contributed by atoms with van der Waals surface area (Å²) in [4.78, 5) is 1.92. The highest BCUT2D eigenvalue weighted by atomic mass is 19.1. The summed E-state index contributed by atoms with van der Waals surface area (Å²) in [5.41, 5.74) is 0.759. The monoisotopic (exact) mass is 277 g/mol. The van der Waals surface area contributed by atoms with Crippen LogP contribution in [0, 0.1) is 11.6 Å². The molecule has 0 spiro atoms. The van der Waals surface area contributed by atoms with E-state index in [1.165, 1.54) is 12.1 Å². The molecule has 0 bridgehead atoms. The molecular formula is C14H13F2N3O. The summed E-state index contributed by atoms with van der Waals surface area (Å²) in [6.07, 6.45) is 0.368. The van der Waals surface area contributed by atoms with Gasteiger partial charge in [0.25, 0.3) is 0 Å². The van der Waals surface area contributed by atoms with E-state index >= 15 is 0 Å². The molecule has 1 aromatic carbocycles. The summed E-state index contributed by atoms with van der Waals surface area (Å²) in [5.74, 6) is -0.635. The molecule has 1 saturated heterocycles. The van der Waals surface area contributed by atoms with Crippen LogP contribution in [0.3, 0.4) is 0 Å². The fraction of sp³-hybridized carbons (Fsp3) is 0.286. The fourth-order valence-electron chi connectivity index (χ4n) is 2.30. The molecule has 1 atom stereocenters. The van der Waals surface area contributed by atoms with Gasteiger partial charge in [0.2, 0.25) is 0 Å². The van der Waals surface area contributed by atoms with Crippen molar-refractivity contribution in [3.05, 3.63) is 42.0 Å². The van der Waals surface area contributed by atoms with Gasteiger partial charge in [-0.25, -0.2) is 8.78 Å². The maximum absolute atomic E-state index is 13.2. The normalized spacial score (nSPS) is 18.6. The third-order valence-corrected chi connectivity index (χ3v) is 3.30. The second-order valence-corrected chi connectivity index (χ2v) is 4.82. The van der Waals surface area contributed by atoms with Crippen molar-refractivity contribution >= 4 is 5.82 Å². The summed E-state index contributed by atoms with van der Waals surface area (Å²) in [6, 6.07) is 6.65. The maximum Gasteiger partial charge on any atom is 0.151 e. The Morgan fingerprint density at radius 2 is 1.85 bits per heavy atom. The molecular weight excluding hydrogens is 264 g/mol. The standard InChI is InChI=1S/C14H13F2N3O/c15-10-5-9(6-11(16)7-10)13-1-2-14(18-17-13)19-4-3-12(20)8-19/h1-2,5-7,12,20H,3-4,8H2. The third kappa shape index (κ3) is 2.60. The van der Waals surface area contributed by atoms with Crippen molar-refractivity contribution in [1.82, 2.24) is 10.2 Å². The van der Waals surface area contributed by atoms with Crippen LogP contribution in [0.15, 0.2) is 30.3 Å². The molecule has 0 aliphatic carbocycles. The first-order valence-electron chi connectivity index (χ1n) is 6.35. The molecule has 1 N–H and O–H groups in total. The number of hydrogen-bond donors (Lipinski definition) is 1. The van der Waals surface area contributed by atoms with Crippen molar-refractivity contribution in [1.29, 1.82) is 0 Å². The minimum Gasteiger partial charge on any atom is -0.391 e. The molecule has 1 aromatic heterocycles. The molecule has 2 heterocycles. The Hall–Kier alpha value is -2.08. The van der Waals surface area contributed by atoms with Gasteiger partial charge in [-0.05, 0) is 30.7 Å². The van der Waals surface area contributed by atoms with Crippen LogP contribution >= 0.6 is 0 Å². The lowest BCUT2D eigenvalue weighted by Gasteiger charge is -2.15. The van der Waals surface area contributed by atoms with Crippen LogP contribution in [-0.4, -0.2) is 34.5 Å². The van der Waals surface area contributed by atoms with Crippen LogP contribution in [0.2, 0.25) is 0 Å². The van der Waals surface area contributed by atoms with Gasteiger partial charge in [-0.2, -0.15) is 0 Å². The summed E-state index contributed by atoms with van der Waals surface area (Å²) in [5, 5.41) is 17.5. The largest absolute Gasteiger partial charge is 0.391 e. The van der Waals surface area contributed by atoms with Gasteiger partial charge in [-0.3, -0.25) is 0 Å². The van der Waals surface area contributed by atoms with Gasteiger partial charge in [0.1, 0.15) is 11.6 Å². The minimum atomic E-state index is -0.645. The molecule has 1 fully saturated rings. The molecule has 1 unspecified atom stereocenters. The molecule has 1 aliphatic heterocycles. The van der Waals surface area contributed by atoms with E-state index in [0.717, 1.165) is 12.6 Å². The molecule has 0 amide bonds. The van der Waals surface area contributed by atoms with E-state index < -0.39 is 11.6 Å². The van der Waals surface area contributed by atoms with Crippen LogP contribution in [0.1, 0.15) is 6.42 Å². The van der Waals surface area contributed by atoms with Crippen LogP contribution in [0.4, 0.5) is 14.6 Å². The number of nitrogens with zero attached hydrogens (tertiary/aromatic N) is 3. The van der Waals surface area contributed by atoms with Gasteiger partial charge in [0.15, 0.2) is 5.82 Å². The smallest absolute Gasteiger partial charge is 0.151 e. The third-order valence-electron chi connectivity index (χ3n) is 3.30. The quantitative estimate of drug-likeness (QED) is 0.912. The minimum absolute atomic E-state index is 0.339. The molecule has 3 rings (SSSR count). The number of aromatic nitrogens is 2. The van der Waals surface area contributed by atoms with E-state index in [4.69, 9.17) is 0 Å². The fourth-order valence-corrected chi connectivity index (χ4v) is 2.30. The molecule has 20 heavy (non-hydrogen) atoms. The van der Waals surface area contributed by atoms with Crippen molar-refractivity contribution in [2.24, 2.45) is 0 Å². The Morgan fingerprint density at radius 3 is 2.40 bits per heavy atom. The highest BCUT2D eigenvalue weighted by Crippen LogP contribution is 2.22. The number of aliphatic hydroxyl groups is 1. The number of rotatable bonds is 2. The summed E-state index contributed by atoms with van der Waals surface area (Å²) in [7, 11) is 0. The highest BCUT2D eigenvalue weighted by Gasteiger charge is 2.21. The van der Waals surface area contributed by atoms with Gasteiger partial charge >= 0.3 is 0 Å². The Morgan fingerprint density at radius 1 is 1.10 bits per heavy atom. The highest BCUT2D eigenvalue weighted by molar-refractivity contribution is 5.60. The average molecular weight is 277 g/mol. The van der Waals surface area contributed by atoms with Gasteiger partial charge in [0, 0.05) is 24.7 Å². The van der Waals surface area contributed by atoms with Crippen LogP contribution in [0.5, 0.6) is 0 Å². The Bertz CT molecular complexity index is 598. The molecule has 1 aliphatic rings. The molecule has 0 saturated carbocycles. The second kappa shape index (κ2) is 5.13. The summed E-state index contributed by atoms with van der Waals surface area (Å²) >= 11 is 0. The maximum atomic E-state index is 13.2. The average Bonchev–Trinajstić information content (AvgIpc) is 2.84. The van der Waals surface area contributed by atoms with Crippen molar-refractivity contribution in [3.63, 3.8) is 0 Å². The summed E-state index contributed by atoms with van der Waals surface area (Å²) in [6.45, 7) is 1.26. The first kappa shape index (κ1) is 12.9. The molecule has 104 valence electrons. The molecule has 2 aromatic rings. The Labute approximate surface area is 114 Å². The van der Waals surface area contributed by atoms with E-state index in [9.17, 15) is 13.9 Å².